The maximum atomic E-state index is 8.72. The summed E-state index contributed by atoms with van der Waals surface area (Å²) in [6.07, 6.45) is -0.838. The summed E-state index contributed by atoms with van der Waals surface area (Å²) < 4.78 is 0. The number of aliphatic hydroxyl groups is 2. The molecule has 0 aliphatic carbocycles. The van der Waals surface area contributed by atoms with Crippen LogP contribution >= 0.6 is 0 Å². The molecule has 0 aromatic heterocycles. The van der Waals surface area contributed by atoms with Crippen molar-refractivity contribution in [1.82, 2.24) is 5.06 Å². The second kappa shape index (κ2) is 4.69. The SMILES string of the molecule is CCN(O)CC(O)CO. The summed E-state index contributed by atoms with van der Waals surface area (Å²) >= 11 is 0. The average molecular weight is 135 g/mol. The molecule has 0 amide bonds. The van der Waals surface area contributed by atoms with Gasteiger partial charge in [-0.1, -0.05) is 6.92 Å². The van der Waals surface area contributed by atoms with Crippen LogP contribution in [0.5, 0.6) is 0 Å². The van der Waals surface area contributed by atoms with E-state index in [1.54, 1.807) is 6.92 Å². The van der Waals surface area contributed by atoms with Crippen LogP contribution in [0.25, 0.3) is 0 Å². The average Bonchev–Trinajstić information content (AvgIpc) is 1.87. The monoisotopic (exact) mass is 135 g/mol. The van der Waals surface area contributed by atoms with Crippen molar-refractivity contribution in [3.8, 4) is 0 Å². The maximum Gasteiger partial charge on any atom is 0.0920 e. The van der Waals surface area contributed by atoms with Gasteiger partial charge in [-0.2, -0.15) is 5.06 Å². The summed E-state index contributed by atoms with van der Waals surface area (Å²) in [4.78, 5) is 0. The van der Waals surface area contributed by atoms with E-state index in [1.807, 2.05) is 0 Å². The van der Waals surface area contributed by atoms with E-state index < -0.39 is 6.10 Å². The Morgan fingerprint density at radius 1 is 1.56 bits per heavy atom. The molecule has 0 aromatic rings. The first-order valence-corrected chi connectivity index (χ1v) is 2.93. The van der Waals surface area contributed by atoms with Crippen LogP contribution in [0.3, 0.4) is 0 Å². The Morgan fingerprint density at radius 2 is 2.11 bits per heavy atom. The van der Waals surface area contributed by atoms with Gasteiger partial charge >= 0.3 is 0 Å². The van der Waals surface area contributed by atoms with Crippen molar-refractivity contribution >= 4 is 0 Å². The highest BCUT2D eigenvalue weighted by Gasteiger charge is 2.04. The predicted molar refractivity (Wildman–Crippen MR) is 32.1 cm³/mol. The molecule has 0 bridgehead atoms. The number of hydrogen-bond donors (Lipinski definition) is 3. The summed E-state index contributed by atoms with van der Waals surface area (Å²) in [5, 5.41) is 26.7. The van der Waals surface area contributed by atoms with Gasteiger partial charge in [-0.25, -0.2) is 0 Å². The van der Waals surface area contributed by atoms with E-state index >= 15 is 0 Å². The summed E-state index contributed by atoms with van der Waals surface area (Å²) in [6, 6.07) is 0. The molecule has 4 heteroatoms. The summed E-state index contributed by atoms with van der Waals surface area (Å²) in [5.41, 5.74) is 0. The summed E-state index contributed by atoms with van der Waals surface area (Å²) in [6.45, 7) is 2.01. The number of rotatable bonds is 4. The van der Waals surface area contributed by atoms with Gasteiger partial charge in [0.1, 0.15) is 0 Å². The zero-order valence-corrected chi connectivity index (χ0v) is 5.49. The van der Waals surface area contributed by atoms with Crippen LogP contribution in [0.15, 0.2) is 0 Å². The Bertz CT molecular complexity index is 61.2. The quantitative estimate of drug-likeness (QED) is 0.435. The normalized spacial score (nSPS) is 14.3. The first-order valence-electron chi connectivity index (χ1n) is 2.93. The number of nitrogens with zero attached hydrogens (tertiary/aromatic N) is 1. The lowest BCUT2D eigenvalue weighted by Crippen LogP contribution is -2.31. The van der Waals surface area contributed by atoms with Crippen molar-refractivity contribution in [3.05, 3.63) is 0 Å². The van der Waals surface area contributed by atoms with Gasteiger partial charge in [-0.15, -0.1) is 0 Å². The Labute approximate surface area is 54.3 Å². The lowest BCUT2D eigenvalue weighted by molar-refractivity contribution is -0.114. The van der Waals surface area contributed by atoms with E-state index in [0.29, 0.717) is 6.54 Å². The zero-order chi connectivity index (χ0) is 7.28. The lowest BCUT2D eigenvalue weighted by Gasteiger charge is -2.14. The van der Waals surface area contributed by atoms with Crippen molar-refractivity contribution < 1.29 is 15.4 Å². The number of hydrogen-bond acceptors (Lipinski definition) is 4. The largest absolute Gasteiger partial charge is 0.394 e. The first kappa shape index (κ1) is 8.84. The van der Waals surface area contributed by atoms with Gasteiger partial charge in [0, 0.05) is 6.54 Å². The van der Waals surface area contributed by atoms with E-state index in [0.717, 1.165) is 5.06 Å². The molecule has 1 atom stereocenters. The van der Waals surface area contributed by atoms with E-state index in [-0.39, 0.29) is 13.2 Å². The molecule has 0 aliphatic heterocycles. The van der Waals surface area contributed by atoms with Crippen LogP contribution in [-0.2, 0) is 0 Å². The minimum absolute atomic E-state index is 0.104. The van der Waals surface area contributed by atoms with E-state index in [9.17, 15) is 0 Å². The minimum atomic E-state index is -0.838. The fourth-order valence-corrected chi connectivity index (χ4v) is 0.430. The summed E-state index contributed by atoms with van der Waals surface area (Å²) in [7, 11) is 0. The third kappa shape index (κ3) is 4.35. The Balaban J connectivity index is 3.22. The predicted octanol–water partition coefficient (Wildman–Crippen LogP) is -0.949. The van der Waals surface area contributed by atoms with Gasteiger partial charge in [0.15, 0.2) is 0 Å². The van der Waals surface area contributed by atoms with Gasteiger partial charge in [0.05, 0.1) is 19.3 Å². The molecule has 1 unspecified atom stereocenters. The number of likely N-dealkylation sites (N-methyl/N-ethyl adjacent to an activating group) is 1. The lowest BCUT2D eigenvalue weighted by atomic mass is 10.4. The van der Waals surface area contributed by atoms with E-state index in [4.69, 9.17) is 15.4 Å². The number of hydroxylamine groups is 2. The van der Waals surface area contributed by atoms with Crippen molar-refractivity contribution in [2.45, 2.75) is 13.0 Å². The topological polar surface area (TPSA) is 63.9 Å². The number of aliphatic hydroxyl groups excluding tert-OH is 2. The van der Waals surface area contributed by atoms with E-state index in [2.05, 4.69) is 0 Å². The molecule has 0 saturated carbocycles. The van der Waals surface area contributed by atoms with Gasteiger partial charge in [-0.05, 0) is 0 Å². The van der Waals surface area contributed by atoms with Gasteiger partial charge in [0.2, 0.25) is 0 Å². The minimum Gasteiger partial charge on any atom is -0.394 e. The van der Waals surface area contributed by atoms with Crippen molar-refractivity contribution in [2.24, 2.45) is 0 Å². The molecular weight excluding hydrogens is 122 g/mol. The Kier molecular flexibility index (Phi) is 4.61. The Hall–Kier alpha value is -0.160. The smallest absolute Gasteiger partial charge is 0.0920 e. The molecule has 0 aliphatic rings. The van der Waals surface area contributed by atoms with Crippen LogP contribution in [-0.4, -0.2) is 46.3 Å². The molecular formula is C5H13NO3. The van der Waals surface area contributed by atoms with Crippen LogP contribution < -0.4 is 0 Å². The summed E-state index contributed by atoms with van der Waals surface area (Å²) in [5.74, 6) is 0. The van der Waals surface area contributed by atoms with Crippen LogP contribution in [0.4, 0.5) is 0 Å². The van der Waals surface area contributed by atoms with E-state index in [1.165, 1.54) is 0 Å². The molecule has 0 saturated heterocycles. The third-order valence-electron chi connectivity index (χ3n) is 0.997. The molecule has 56 valence electrons. The van der Waals surface area contributed by atoms with Crippen LogP contribution in [0.1, 0.15) is 6.92 Å². The molecule has 0 rings (SSSR count). The molecule has 0 aromatic carbocycles. The molecule has 0 heterocycles. The Morgan fingerprint density at radius 3 is 2.44 bits per heavy atom. The highest BCUT2D eigenvalue weighted by atomic mass is 16.5. The highest BCUT2D eigenvalue weighted by molar-refractivity contribution is 4.53. The fourth-order valence-electron chi connectivity index (χ4n) is 0.430. The van der Waals surface area contributed by atoms with Crippen molar-refractivity contribution in [3.63, 3.8) is 0 Å². The molecule has 0 radical (unpaired) electrons. The highest BCUT2D eigenvalue weighted by Crippen LogP contribution is 1.85. The first-order chi connectivity index (χ1) is 4.20. The standard InChI is InChI=1S/C5H13NO3/c1-2-6(9)3-5(8)4-7/h5,7-9H,2-4H2,1H3. The molecule has 0 fully saturated rings. The molecule has 4 nitrogen and oxygen atoms in total. The van der Waals surface area contributed by atoms with Crippen molar-refractivity contribution in [2.75, 3.05) is 19.7 Å². The van der Waals surface area contributed by atoms with Gasteiger partial charge in [-0.3, -0.25) is 0 Å². The third-order valence-corrected chi connectivity index (χ3v) is 0.997. The second-order valence-corrected chi connectivity index (χ2v) is 1.84. The molecule has 9 heavy (non-hydrogen) atoms. The van der Waals surface area contributed by atoms with Crippen LogP contribution in [0.2, 0.25) is 0 Å². The molecule has 3 N–H and O–H groups in total. The van der Waals surface area contributed by atoms with Crippen molar-refractivity contribution in [1.29, 1.82) is 0 Å². The zero-order valence-electron chi connectivity index (χ0n) is 5.49. The second-order valence-electron chi connectivity index (χ2n) is 1.84. The van der Waals surface area contributed by atoms with Gasteiger partial charge in [0.25, 0.3) is 0 Å². The van der Waals surface area contributed by atoms with Crippen LogP contribution in [0, 0.1) is 0 Å². The fraction of sp³-hybridized carbons (Fsp3) is 1.00. The molecule has 0 spiro atoms. The van der Waals surface area contributed by atoms with Gasteiger partial charge < -0.3 is 15.4 Å². The maximum absolute atomic E-state index is 8.72.